The summed E-state index contributed by atoms with van der Waals surface area (Å²) in [7, 11) is 0. The Kier molecular flexibility index (Phi) is 4.50. The molecule has 5 heteroatoms. The van der Waals surface area contributed by atoms with Crippen molar-refractivity contribution < 1.29 is 14.7 Å². The molecule has 3 atom stereocenters. The highest BCUT2D eigenvalue weighted by molar-refractivity contribution is 6.01. The van der Waals surface area contributed by atoms with E-state index in [1.807, 2.05) is 25.1 Å². The normalized spacial score (nSPS) is 19.8. The zero-order chi connectivity index (χ0) is 15.6. The van der Waals surface area contributed by atoms with Crippen LogP contribution in [0.4, 0.5) is 10.5 Å². The molecule has 0 aliphatic carbocycles. The van der Waals surface area contributed by atoms with E-state index >= 15 is 0 Å². The van der Waals surface area contributed by atoms with Crippen LogP contribution in [0.1, 0.15) is 32.8 Å². The number of anilines is 1. The van der Waals surface area contributed by atoms with Gasteiger partial charge in [-0.1, -0.05) is 38.5 Å². The van der Waals surface area contributed by atoms with E-state index in [9.17, 15) is 14.7 Å². The van der Waals surface area contributed by atoms with E-state index in [1.165, 1.54) is 4.90 Å². The van der Waals surface area contributed by atoms with E-state index in [4.69, 9.17) is 0 Å². The summed E-state index contributed by atoms with van der Waals surface area (Å²) in [4.78, 5) is 25.3. The molecule has 2 N–H and O–H groups in total. The molecule has 2 amide bonds. The van der Waals surface area contributed by atoms with Crippen LogP contribution in [0.15, 0.2) is 24.3 Å². The number of urea groups is 1. The Morgan fingerprint density at radius 2 is 2.05 bits per heavy atom. The molecule has 5 nitrogen and oxygen atoms in total. The summed E-state index contributed by atoms with van der Waals surface area (Å²) in [5.41, 5.74) is 1.59. The molecule has 0 saturated carbocycles. The summed E-state index contributed by atoms with van der Waals surface area (Å²) in [5, 5.41) is 12.3. The van der Waals surface area contributed by atoms with Crippen LogP contribution in [0, 0.1) is 5.92 Å². The van der Waals surface area contributed by atoms with Crippen LogP contribution in [0.5, 0.6) is 0 Å². The molecule has 114 valence electrons. The molecule has 1 aliphatic heterocycles. The fraction of sp³-hybridized carbons (Fsp3) is 0.500. The number of carbonyl (C=O) groups excluding carboxylic acids is 1. The summed E-state index contributed by atoms with van der Waals surface area (Å²) in [6.45, 7) is 6.08. The minimum atomic E-state index is -0.974. The van der Waals surface area contributed by atoms with E-state index in [1.54, 1.807) is 6.07 Å². The number of para-hydroxylation sites is 1. The van der Waals surface area contributed by atoms with E-state index in [0.29, 0.717) is 18.0 Å². The number of benzene rings is 1. The first-order valence-corrected chi connectivity index (χ1v) is 7.36. The number of carboxylic acids is 1. The average molecular weight is 290 g/mol. The molecule has 1 aromatic carbocycles. The number of hydrogen-bond acceptors (Lipinski definition) is 2. The molecule has 0 spiro atoms. The molecular weight excluding hydrogens is 268 g/mol. The predicted octanol–water partition coefficient (Wildman–Crippen LogP) is 2.65. The van der Waals surface area contributed by atoms with Crippen LogP contribution in [0.2, 0.25) is 0 Å². The number of carboxylic acid groups (broad SMARTS) is 1. The van der Waals surface area contributed by atoms with Crippen LogP contribution < -0.4 is 10.2 Å². The van der Waals surface area contributed by atoms with Gasteiger partial charge in [0.25, 0.3) is 0 Å². The smallest absolute Gasteiger partial charge is 0.327 e. The van der Waals surface area contributed by atoms with Gasteiger partial charge in [-0.3, -0.25) is 4.90 Å². The minimum Gasteiger partial charge on any atom is -0.480 e. The monoisotopic (exact) mass is 290 g/mol. The van der Waals surface area contributed by atoms with Crippen molar-refractivity contribution in [3.8, 4) is 0 Å². The van der Waals surface area contributed by atoms with Crippen molar-refractivity contribution in [2.75, 3.05) is 4.90 Å². The van der Waals surface area contributed by atoms with E-state index in [0.717, 1.165) is 12.0 Å². The molecule has 0 saturated heterocycles. The van der Waals surface area contributed by atoms with Crippen LogP contribution in [-0.4, -0.2) is 29.2 Å². The van der Waals surface area contributed by atoms with E-state index < -0.39 is 12.0 Å². The van der Waals surface area contributed by atoms with Crippen LogP contribution in [-0.2, 0) is 11.2 Å². The highest BCUT2D eigenvalue weighted by Crippen LogP contribution is 2.32. The second-order valence-electron chi connectivity index (χ2n) is 5.68. The van der Waals surface area contributed by atoms with Gasteiger partial charge in [0, 0.05) is 18.2 Å². The third kappa shape index (κ3) is 3.01. The van der Waals surface area contributed by atoms with Gasteiger partial charge in [0.15, 0.2) is 0 Å². The van der Waals surface area contributed by atoms with Crippen molar-refractivity contribution in [2.24, 2.45) is 5.92 Å². The van der Waals surface area contributed by atoms with E-state index in [-0.39, 0.29) is 12.1 Å². The number of nitrogens with zero attached hydrogens (tertiary/aromatic N) is 1. The first-order chi connectivity index (χ1) is 9.95. The third-order valence-corrected chi connectivity index (χ3v) is 4.33. The molecule has 1 aliphatic rings. The summed E-state index contributed by atoms with van der Waals surface area (Å²) in [5.74, 6) is -0.632. The van der Waals surface area contributed by atoms with Gasteiger partial charge in [-0.15, -0.1) is 0 Å². The van der Waals surface area contributed by atoms with Crippen LogP contribution in [0.3, 0.4) is 0 Å². The number of hydrogen-bond donors (Lipinski definition) is 2. The van der Waals surface area contributed by atoms with Crippen molar-refractivity contribution >= 4 is 17.7 Å². The minimum absolute atomic E-state index is 0.00436. The third-order valence-electron chi connectivity index (χ3n) is 4.33. The molecule has 0 aromatic heterocycles. The largest absolute Gasteiger partial charge is 0.480 e. The van der Waals surface area contributed by atoms with Crippen LogP contribution in [0.25, 0.3) is 0 Å². The Labute approximate surface area is 125 Å². The topological polar surface area (TPSA) is 69.6 Å². The zero-order valence-corrected chi connectivity index (χ0v) is 12.7. The van der Waals surface area contributed by atoms with Gasteiger partial charge in [-0.25, -0.2) is 9.59 Å². The maximum atomic E-state index is 12.5. The predicted molar refractivity (Wildman–Crippen MR) is 81.5 cm³/mol. The lowest BCUT2D eigenvalue weighted by atomic mass is 10.0. The van der Waals surface area contributed by atoms with Crippen LogP contribution >= 0.6 is 0 Å². The number of fused-ring (bicyclic) bond motifs is 1. The van der Waals surface area contributed by atoms with Gasteiger partial charge in [0.05, 0.1) is 0 Å². The molecule has 2 rings (SSSR count). The maximum Gasteiger partial charge on any atom is 0.327 e. The first kappa shape index (κ1) is 15.4. The fourth-order valence-electron chi connectivity index (χ4n) is 2.59. The van der Waals surface area contributed by atoms with Gasteiger partial charge in [-0.2, -0.15) is 0 Å². The zero-order valence-electron chi connectivity index (χ0n) is 12.7. The molecule has 0 fully saturated rings. The average Bonchev–Trinajstić information content (AvgIpc) is 2.85. The number of aliphatic carboxylic acids is 1. The Hall–Kier alpha value is -2.04. The highest BCUT2D eigenvalue weighted by atomic mass is 16.4. The molecule has 0 bridgehead atoms. The van der Waals surface area contributed by atoms with Gasteiger partial charge in [-0.05, 0) is 24.5 Å². The van der Waals surface area contributed by atoms with E-state index in [2.05, 4.69) is 19.2 Å². The van der Waals surface area contributed by atoms with Gasteiger partial charge in [0.1, 0.15) is 6.04 Å². The molecule has 2 unspecified atom stereocenters. The first-order valence-electron chi connectivity index (χ1n) is 7.36. The van der Waals surface area contributed by atoms with Gasteiger partial charge < -0.3 is 10.4 Å². The van der Waals surface area contributed by atoms with Crippen molar-refractivity contribution in [1.29, 1.82) is 0 Å². The lowest BCUT2D eigenvalue weighted by Gasteiger charge is -2.27. The van der Waals surface area contributed by atoms with Crippen molar-refractivity contribution in [3.63, 3.8) is 0 Å². The van der Waals surface area contributed by atoms with Crippen molar-refractivity contribution in [1.82, 2.24) is 5.32 Å². The molecule has 21 heavy (non-hydrogen) atoms. The Morgan fingerprint density at radius 1 is 1.38 bits per heavy atom. The van der Waals surface area contributed by atoms with Gasteiger partial charge >= 0.3 is 12.0 Å². The SMILES string of the molecule is CCC(C)C(C)NC(=O)N1c2ccccc2C[C@H]1C(=O)O. The van der Waals surface area contributed by atoms with Crippen molar-refractivity contribution in [2.45, 2.75) is 45.7 Å². The standard InChI is InChI=1S/C16H22N2O3/c1-4-10(2)11(3)17-16(21)18-13-8-6-5-7-12(13)9-14(18)15(19)20/h5-8,10-11,14H,4,9H2,1-3H3,(H,17,21)(H,19,20)/t10?,11?,14-/m0/s1. The maximum absolute atomic E-state index is 12.5. The van der Waals surface area contributed by atoms with Gasteiger partial charge in [0.2, 0.25) is 0 Å². The number of carbonyl (C=O) groups is 2. The Balaban J connectivity index is 2.22. The van der Waals surface area contributed by atoms with Crippen molar-refractivity contribution in [3.05, 3.63) is 29.8 Å². The molecule has 1 aromatic rings. The number of nitrogens with one attached hydrogen (secondary N) is 1. The molecule has 0 radical (unpaired) electrons. The Morgan fingerprint density at radius 3 is 2.67 bits per heavy atom. The summed E-state index contributed by atoms with van der Waals surface area (Å²) < 4.78 is 0. The summed E-state index contributed by atoms with van der Waals surface area (Å²) >= 11 is 0. The fourth-order valence-corrected chi connectivity index (χ4v) is 2.59. The molecule has 1 heterocycles. The summed E-state index contributed by atoms with van der Waals surface area (Å²) in [6, 6.07) is 6.20. The quantitative estimate of drug-likeness (QED) is 0.895. The Bertz CT molecular complexity index is 544. The number of amides is 2. The second-order valence-corrected chi connectivity index (χ2v) is 5.68. The number of rotatable bonds is 4. The second kappa shape index (κ2) is 6.16. The highest BCUT2D eigenvalue weighted by Gasteiger charge is 2.38. The summed E-state index contributed by atoms with van der Waals surface area (Å²) in [6.07, 6.45) is 1.32. The molecular formula is C16H22N2O3. The lowest BCUT2D eigenvalue weighted by Crippen LogP contribution is -2.51. The lowest BCUT2D eigenvalue weighted by molar-refractivity contribution is -0.138.